The molecule has 0 aliphatic heterocycles. The molecule has 1 aromatic carbocycles. The Labute approximate surface area is 125 Å². The molecule has 4 nitrogen and oxygen atoms in total. The van der Waals surface area contributed by atoms with E-state index in [0.29, 0.717) is 18.4 Å². The second-order valence-electron chi connectivity index (χ2n) is 5.86. The Morgan fingerprint density at radius 3 is 2.76 bits per heavy atom. The SMILES string of the molecule is Nc1nc2ccccc2cc1CN(CCO)C1CCCC1. The Bertz CT molecular complexity index is 608. The van der Waals surface area contributed by atoms with Gasteiger partial charge in [0, 0.05) is 30.1 Å². The summed E-state index contributed by atoms with van der Waals surface area (Å²) >= 11 is 0. The molecule has 21 heavy (non-hydrogen) atoms. The van der Waals surface area contributed by atoms with Crippen molar-refractivity contribution in [3.8, 4) is 0 Å². The molecule has 112 valence electrons. The van der Waals surface area contributed by atoms with E-state index in [4.69, 9.17) is 5.73 Å². The van der Waals surface area contributed by atoms with E-state index in [1.54, 1.807) is 0 Å². The Morgan fingerprint density at radius 2 is 2.00 bits per heavy atom. The van der Waals surface area contributed by atoms with Gasteiger partial charge >= 0.3 is 0 Å². The highest BCUT2D eigenvalue weighted by Gasteiger charge is 2.23. The second kappa shape index (κ2) is 6.41. The predicted octanol–water partition coefficient (Wildman–Crippen LogP) is 2.55. The largest absolute Gasteiger partial charge is 0.395 e. The van der Waals surface area contributed by atoms with E-state index in [2.05, 4.69) is 22.0 Å². The van der Waals surface area contributed by atoms with Crippen LogP contribution in [-0.4, -0.2) is 34.2 Å². The molecule has 2 aromatic rings. The number of nitrogens with zero attached hydrogens (tertiary/aromatic N) is 2. The number of nitrogens with two attached hydrogens (primary N) is 1. The standard InChI is InChI=1S/C17H23N3O/c18-17-14(11-13-5-1-4-8-16(13)19-17)12-20(9-10-21)15-6-2-3-7-15/h1,4-5,8,11,15,21H,2-3,6-7,9-10,12H2,(H2,18,19). The molecule has 0 saturated heterocycles. The highest BCUT2D eigenvalue weighted by Crippen LogP contribution is 2.26. The summed E-state index contributed by atoms with van der Waals surface area (Å²) in [5.41, 5.74) is 8.13. The molecule has 0 radical (unpaired) electrons. The highest BCUT2D eigenvalue weighted by molar-refractivity contribution is 5.81. The van der Waals surface area contributed by atoms with E-state index >= 15 is 0 Å². The first-order valence-corrected chi connectivity index (χ1v) is 7.77. The zero-order chi connectivity index (χ0) is 14.7. The number of pyridine rings is 1. The average molecular weight is 285 g/mol. The van der Waals surface area contributed by atoms with E-state index in [1.165, 1.54) is 25.7 Å². The van der Waals surface area contributed by atoms with Crippen molar-refractivity contribution in [3.63, 3.8) is 0 Å². The number of para-hydroxylation sites is 1. The molecule has 1 aliphatic carbocycles. The van der Waals surface area contributed by atoms with Crippen LogP contribution in [0.25, 0.3) is 10.9 Å². The first kappa shape index (κ1) is 14.3. The molecular formula is C17H23N3O. The first-order valence-electron chi connectivity index (χ1n) is 7.77. The van der Waals surface area contributed by atoms with E-state index in [0.717, 1.165) is 23.0 Å². The number of aliphatic hydroxyl groups excluding tert-OH is 1. The Hall–Kier alpha value is -1.65. The van der Waals surface area contributed by atoms with Gasteiger partial charge in [-0.3, -0.25) is 4.90 Å². The monoisotopic (exact) mass is 285 g/mol. The third-order valence-electron chi connectivity index (χ3n) is 4.44. The summed E-state index contributed by atoms with van der Waals surface area (Å²) in [5.74, 6) is 0.606. The number of aliphatic hydroxyl groups is 1. The molecule has 3 N–H and O–H groups in total. The van der Waals surface area contributed by atoms with E-state index < -0.39 is 0 Å². The van der Waals surface area contributed by atoms with Crippen LogP contribution in [0.2, 0.25) is 0 Å². The molecule has 0 bridgehead atoms. The molecule has 1 aliphatic rings. The number of aromatic nitrogens is 1. The normalized spacial score (nSPS) is 16.1. The van der Waals surface area contributed by atoms with Crippen molar-refractivity contribution < 1.29 is 5.11 Å². The minimum absolute atomic E-state index is 0.192. The maximum atomic E-state index is 9.33. The van der Waals surface area contributed by atoms with E-state index in [-0.39, 0.29) is 6.61 Å². The average Bonchev–Trinajstić information content (AvgIpc) is 3.01. The summed E-state index contributed by atoms with van der Waals surface area (Å²) in [6.07, 6.45) is 5.03. The van der Waals surface area contributed by atoms with Gasteiger partial charge in [0.2, 0.25) is 0 Å². The summed E-state index contributed by atoms with van der Waals surface area (Å²) in [5, 5.41) is 10.4. The summed E-state index contributed by atoms with van der Waals surface area (Å²) in [7, 11) is 0. The van der Waals surface area contributed by atoms with Crippen LogP contribution in [0.5, 0.6) is 0 Å². The third kappa shape index (κ3) is 3.17. The lowest BCUT2D eigenvalue weighted by Crippen LogP contribution is -2.35. The molecule has 1 saturated carbocycles. The molecule has 3 rings (SSSR count). The van der Waals surface area contributed by atoms with E-state index in [1.807, 2.05) is 18.2 Å². The van der Waals surface area contributed by atoms with Crippen LogP contribution in [-0.2, 0) is 6.54 Å². The van der Waals surface area contributed by atoms with Gasteiger partial charge < -0.3 is 10.8 Å². The summed E-state index contributed by atoms with van der Waals surface area (Å²) in [6.45, 7) is 1.67. The van der Waals surface area contributed by atoms with Crippen LogP contribution >= 0.6 is 0 Å². The van der Waals surface area contributed by atoms with Crippen molar-refractivity contribution in [3.05, 3.63) is 35.9 Å². The van der Waals surface area contributed by atoms with Crippen molar-refractivity contribution in [1.82, 2.24) is 9.88 Å². The van der Waals surface area contributed by atoms with E-state index in [9.17, 15) is 5.11 Å². The first-order chi connectivity index (χ1) is 10.3. The quantitative estimate of drug-likeness (QED) is 0.886. The van der Waals surface area contributed by atoms with Gasteiger partial charge in [-0.1, -0.05) is 31.0 Å². The van der Waals surface area contributed by atoms with Crippen molar-refractivity contribution in [2.75, 3.05) is 18.9 Å². The van der Waals surface area contributed by atoms with Gasteiger partial charge in [-0.15, -0.1) is 0 Å². The number of hydrogen-bond acceptors (Lipinski definition) is 4. The maximum Gasteiger partial charge on any atom is 0.128 e. The molecule has 4 heteroatoms. The molecule has 1 fully saturated rings. The van der Waals surface area contributed by atoms with Crippen LogP contribution in [0.4, 0.5) is 5.82 Å². The van der Waals surface area contributed by atoms with Gasteiger partial charge in [0.05, 0.1) is 12.1 Å². The summed E-state index contributed by atoms with van der Waals surface area (Å²) in [6, 6.07) is 10.8. The van der Waals surface area contributed by atoms with Gasteiger partial charge in [0.15, 0.2) is 0 Å². The Morgan fingerprint density at radius 1 is 1.24 bits per heavy atom. The molecule has 0 amide bonds. The molecule has 1 aromatic heterocycles. The lowest BCUT2D eigenvalue weighted by molar-refractivity contribution is 0.145. The van der Waals surface area contributed by atoms with Crippen LogP contribution in [0.1, 0.15) is 31.2 Å². The topological polar surface area (TPSA) is 62.4 Å². The van der Waals surface area contributed by atoms with Crippen molar-refractivity contribution in [2.24, 2.45) is 0 Å². The lowest BCUT2D eigenvalue weighted by atomic mass is 10.1. The number of rotatable bonds is 5. The number of fused-ring (bicyclic) bond motifs is 1. The molecule has 0 unspecified atom stereocenters. The van der Waals surface area contributed by atoms with Crippen molar-refractivity contribution in [1.29, 1.82) is 0 Å². The highest BCUT2D eigenvalue weighted by atomic mass is 16.3. The molecule has 1 heterocycles. The van der Waals surface area contributed by atoms with Crippen LogP contribution in [0, 0.1) is 0 Å². The van der Waals surface area contributed by atoms with Crippen LogP contribution < -0.4 is 5.73 Å². The van der Waals surface area contributed by atoms with Gasteiger partial charge in [-0.05, 0) is 25.0 Å². The summed E-state index contributed by atoms with van der Waals surface area (Å²) < 4.78 is 0. The van der Waals surface area contributed by atoms with Gasteiger partial charge in [-0.25, -0.2) is 4.98 Å². The number of nitrogen functional groups attached to an aromatic ring is 1. The minimum Gasteiger partial charge on any atom is -0.395 e. The van der Waals surface area contributed by atoms with Gasteiger partial charge in [0.1, 0.15) is 5.82 Å². The number of benzene rings is 1. The Kier molecular flexibility index (Phi) is 4.36. The third-order valence-corrected chi connectivity index (χ3v) is 4.44. The fourth-order valence-corrected chi connectivity index (χ4v) is 3.31. The zero-order valence-corrected chi connectivity index (χ0v) is 12.3. The smallest absolute Gasteiger partial charge is 0.128 e. The summed E-state index contributed by atoms with van der Waals surface area (Å²) in [4.78, 5) is 6.86. The maximum absolute atomic E-state index is 9.33. The van der Waals surface area contributed by atoms with Gasteiger partial charge in [-0.2, -0.15) is 0 Å². The molecular weight excluding hydrogens is 262 g/mol. The molecule has 0 atom stereocenters. The second-order valence-corrected chi connectivity index (χ2v) is 5.86. The number of hydrogen-bond donors (Lipinski definition) is 2. The minimum atomic E-state index is 0.192. The van der Waals surface area contributed by atoms with Crippen molar-refractivity contribution >= 4 is 16.7 Å². The predicted molar refractivity (Wildman–Crippen MR) is 85.9 cm³/mol. The Balaban J connectivity index is 1.85. The zero-order valence-electron chi connectivity index (χ0n) is 12.3. The fourth-order valence-electron chi connectivity index (χ4n) is 3.31. The van der Waals surface area contributed by atoms with Crippen molar-refractivity contribution in [2.45, 2.75) is 38.3 Å². The fraction of sp³-hybridized carbons (Fsp3) is 0.471. The lowest BCUT2D eigenvalue weighted by Gasteiger charge is -2.28. The van der Waals surface area contributed by atoms with Crippen LogP contribution in [0.3, 0.4) is 0 Å². The van der Waals surface area contributed by atoms with Crippen LogP contribution in [0.15, 0.2) is 30.3 Å². The van der Waals surface area contributed by atoms with Gasteiger partial charge in [0.25, 0.3) is 0 Å². The molecule has 0 spiro atoms. The number of anilines is 1.